The van der Waals surface area contributed by atoms with Crippen LogP contribution in [0.5, 0.6) is 5.75 Å². The predicted molar refractivity (Wildman–Crippen MR) is 139 cm³/mol. The van der Waals surface area contributed by atoms with Gasteiger partial charge < -0.3 is 20.3 Å². The number of non-ortho nitro benzene ring substituents is 1. The first kappa shape index (κ1) is 25.4. The van der Waals surface area contributed by atoms with Crippen LogP contribution >= 0.6 is 15.9 Å². The first-order valence-corrected chi connectivity index (χ1v) is 11.2. The van der Waals surface area contributed by atoms with Gasteiger partial charge in [-0.25, -0.2) is 0 Å². The van der Waals surface area contributed by atoms with Gasteiger partial charge in [0.25, 0.3) is 17.5 Å². The molecule has 3 aromatic rings. The van der Waals surface area contributed by atoms with Crippen molar-refractivity contribution in [2.24, 2.45) is 0 Å². The summed E-state index contributed by atoms with van der Waals surface area (Å²) in [6.07, 6.45) is 1.54. The van der Waals surface area contributed by atoms with E-state index in [9.17, 15) is 19.7 Å². The molecule has 9 nitrogen and oxygen atoms in total. The van der Waals surface area contributed by atoms with Gasteiger partial charge in [-0.15, -0.1) is 0 Å². The molecule has 0 radical (unpaired) electrons. The summed E-state index contributed by atoms with van der Waals surface area (Å²) < 4.78 is 5.77. The molecule has 2 amide bonds. The topological polar surface area (TPSA) is 114 Å². The molecule has 2 N–H and O–H groups in total. The summed E-state index contributed by atoms with van der Waals surface area (Å²) >= 11 is 3.35. The van der Waals surface area contributed by atoms with Crippen LogP contribution in [0.1, 0.15) is 15.9 Å². The summed E-state index contributed by atoms with van der Waals surface area (Å²) in [5.74, 6) is -1.01. The Bertz CT molecular complexity index is 1290. The van der Waals surface area contributed by atoms with Gasteiger partial charge in [-0.3, -0.25) is 19.7 Å². The number of methoxy groups -OCH3 is 1. The van der Waals surface area contributed by atoms with Crippen molar-refractivity contribution in [1.82, 2.24) is 5.32 Å². The van der Waals surface area contributed by atoms with E-state index in [1.165, 1.54) is 25.3 Å². The second-order valence-corrected chi connectivity index (χ2v) is 8.43. The zero-order valence-electron chi connectivity index (χ0n) is 19.2. The standard InChI is InChI=1S/C25H23BrN4O5/c1-29(2)17-10-8-16(9-11-17)14-22(28-24(31)19-6-4-5-7-20(19)26)25(32)27-21-13-12-18(30(33)34)15-23(21)35-3/h4-15H,1-3H3,(H,27,32)(H,28,31). The lowest BCUT2D eigenvalue weighted by molar-refractivity contribution is -0.384. The fourth-order valence-corrected chi connectivity index (χ4v) is 3.58. The van der Waals surface area contributed by atoms with Crippen LogP contribution in [-0.2, 0) is 4.79 Å². The number of carbonyl (C=O) groups is 2. The fraction of sp³-hybridized carbons (Fsp3) is 0.120. The number of nitrogens with one attached hydrogen (secondary N) is 2. The molecule has 0 aliphatic carbocycles. The van der Waals surface area contributed by atoms with Crippen molar-refractivity contribution in [1.29, 1.82) is 0 Å². The van der Waals surface area contributed by atoms with E-state index in [1.807, 2.05) is 43.3 Å². The van der Waals surface area contributed by atoms with Crippen LogP contribution in [0.3, 0.4) is 0 Å². The number of hydrogen-bond donors (Lipinski definition) is 2. The van der Waals surface area contributed by atoms with Gasteiger partial charge >= 0.3 is 0 Å². The lowest BCUT2D eigenvalue weighted by atomic mass is 10.1. The highest BCUT2D eigenvalue weighted by molar-refractivity contribution is 9.10. The Balaban J connectivity index is 1.95. The third-order valence-corrected chi connectivity index (χ3v) is 5.67. The van der Waals surface area contributed by atoms with Crippen LogP contribution in [0.15, 0.2) is 76.9 Å². The molecule has 0 atom stereocenters. The summed E-state index contributed by atoms with van der Waals surface area (Å²) in [6, 6.07) is 18.1. The Morgan fingerprint density at radius 3 is 2.34 bits per heavy atom. The second kappa shape index (κ2) is 11.3. The van der Waals surface area contributed by atoms with Crippen LogP contribution < -0.4 is 20.3 Å². The minimum absolute atomic E-state index is 0.0243. The molecule has 0 aliphatic heterocycles. The minimum Gasteiger partial charge on any atom is -0.494 e. The van der Waals surface area contributed by atoms with E-state index in [-0.39, 0.29) is 22.8 Å². The lowest BCUT2D eigenvalue weighted by Crippen LogP contribution is -2.31. The van der Waals surface area contributed by atoms with Crippen molar-refractivity contribution in [3.05, 3.63) is 98.1 Å². The molecule has 0 saturated heterocycles. The van der Waals surface area contributed by atoms with Crippen molar-refractivity contribution in [3.8, 4) is 5.75 Å². The first-order valence-electron chi connectivity index (χ1n) is 10.4. The van der Waals surface area contributed by atoms with Gasteiger partial charge in [-0.1, -0.05) is 24.3 Å². The number of nitro groups is 1. The molecule has 0 bridgehead atoms. The van der Waals surface area contributed by atoms with Crippen LogP contribution in [0.25, 0.3) is 6.08 Å². The molecule has 0 saturated carbocycles. The average Bonchev–Trinajstić information content (AvgIpc) is 2.84. The molecule has 0 fully saturated rings. The van der Waals surface area contributed by atoms with Gasteiger partial charge in [-0.2, -0.15) is 0 Å². The molecule has 3 aromatic carbocycles. The molecule has 10 heteroatoms. The summed E-state index contributed by atoms with van der Waals surface area (Å²) in [5, 5.41) is 16.4. The third-order valence-electron chi connectivity index (χ3n) is 4.98. The molecule has 3 rings (SSSR count). The zero-order chi connectivity index (χ0) is 25.5. The van der Waals surface area contributed by atoms with E-state index >= 15 is 0 Å². The van der Waals surface area contributed by atoms with E-state index in [0.717, 1.165) is 5.69 Å². The number of anilines is 2. The summed E-state index contributed by atoms with van der Waals surface area (Å²) in [6.45, 7) is 0. The van der Waals surface area contributed by atoms with Gasteiger partial charge in [0.05, 0.1) is 29.4 Å². The highest BCUT2D eigenvalue weighted by atomic mass is 79.9. The third kappa shape index (κ3) is 6.45. The number of nitro benzene ring substituents is 1. The Kier molecular flexibility index (Phi) is 8.21. The SMILES string of the molecule is COc1cc([N+](=O)[O-])ccc1NC(=O)C(=Cc1ccc(N(C)C)cc1)NC(=O)c1ccccc1Br. The van der Waals surface area contributed by atoms with E-state index in [4.69, 9.17) is 4.74 Å². The van der Waals surface area contributed by atoms with E-state index in [1.54, 1.807) is 30.3 Å². The summed E-state index contributed by atoms with van der Waals surface area (Å²) in [4.78, 5) is 38.6. The van der Waals surface area contributed by atoms with Crippen LogP contribution in [0.2, 0.25) is 0 Å². The molecule has 180 valence electrons. The largest absolute Gasteiger partial charge is 0.494 e. The van der Waals surface area contributed by atoms with E-state index in [2.05, 4.69) is 26.6 Å². The van der Waals surface area contributed by atoms with Crippen LogP contribution in [0, 0.1) is 10.1 Å². The Morgan fingerprint density at radius 1 is 1.06 bits per heavy atom. The maximum atomic E-state index is 13.2. The number of carbonyl (C=O) groups excluding carboxylic acids is 2. The van der Waals surface area contributed by atoms with Crippen molar-refractivity contribution in [2.75, 3.05) is 31.4 Å². The van der Waals surface area contributed by atoms with Crippen molar-refractivity contribution < 1.29 is 19.2 Å². The summed E-state index contributed by atoms with van der Waals surface area (Å²) in [5.41, 5.74) is 2.02. The number of benzene rings is 3. The van der Waals surface area contributed by atoms with Crippen LogP contribution in [0.4, 0.5) is 17.1 Å². The number of rotatable bonds is 8. The van der Waals surface area contributed by atoms with Crippen molar-refractivity contribution in [3.63, 3.8) is 0 Å². The lowest BCUT2D eigenvalue weighted by Gasteiger charge is -2.14. The minimum atomic E-state index is -0.630. The van der Waals surface area contributed by atoms with Crippen molar-refractivity contribution in [2.45, 2.75) is 0 Å². The predicted octanol–water partition coefficient (Wildman–Crippen LogP) is 4.84. The molecule has 0 heterocycles. The Labute approximate surface area is 210 Å². The van der Waals surface area contributed by atoms with Crippen LogP contribution in [-0.4, -0.2) is 37.9 Å². The smallest absolute Gasteiger partial charge is 0.273 e. The van der Waals surface area contributed by atoms with Gasteiger partial charge in [0.2, 0.25) is 0 Å². The fourth-order valence-electron chi connectivity index (χ4n) is 3.12. The molecular weight excluding hydrogens is 516 g/mol. The van der Waals surface area contributed by atoms with E-state index < -0.39 is 16.7 Å². The molecule has 35 heavy (non-hydrogen) atoms. The highest BCUT2D eigenvalue weighted by Crippen LogP contribution is 2.29. The number of ether oxygens (including phenoxy) is 1. The number of nitrogens with zero attached hydrogens (tertiary/aromatic N) is 2. The Hall–Kier alpha value is -4.18. The number of hydrogen-bond acceptors (Lipinski definition) is 6. The van der Waals surface area contributed by atoms with Gasteiger partial charge in [0.15, 0.2) is 0 Å². The van der Waals surface area contributed by atoms with Gasteiger partial charge in [0, 0.05) is 30.3 Å². The average molecular weight is 539 g/mol. The monoisotopic (exact) mass is 538 g/mol. The number of halogens is 1. The van der Waals surface area contributed by atoms with E-state index in [0.29, 0.717) is 15.6 Å². The molecule has 0 aliphatic rings. The first-order chi connectivity index (χ1) is 16.7. The van der Waals surface area contributed by atoms with Gasteiger partial charge in [0.1, 0.15) is 11.4 Å². The molecular formula is C25H23BrN4O5. The molecule has 0 unspecified atom stereocenters. The maximum absolute atomic E-state index is 13.2. The summed E-state index contributed by atoms with van der Waals surface area (Å²) in [7, 11) is 5.17. The molecule has 0 aromatic heterocycles. The molecule has 0 spiro atoms. The van der Waals surface area contributed by atoms with Crippen molar-refractivity contribution >= 4 is 50.9 Å². The number of amides is 2. The highest BCUT2D eigenvalue weighted by Gasteiger charge is 2.19. The normalized spacial score (nSPS) is 10.9. The second-order valence-electron chi connectivity index (χ2n) is 7.57. The van der Waals surface area contributed by atoms with Gasteiger partial charge in [-0.05, 0) is 57.9 Å². The zero-order valence-corrected chi connectivity index (χ0v) is 20.8. The Morgan fingerprint density at radius 2 is 1.74 bits per heavy atom. The maximum Gasteiger partial charge on any atom is 0.273 e. The quantitative estimate of drug-likeness (QED) is 0.241.